The van der Waals surface area contributed by atoms with Gasteiger partial charge in [-0.25, -0.2) is 8.78 Å². The van der Waals surface area contributed by atoms with E-state index in [4.69, 9.17) is 5.11 Å². The van der Waals surface area contributed by atoms with Crippen LogP contribution >= 0.6 is 0 Å². The molecule has 0 saturated heterocycles. The van der Waals surface area contributed by atoms with Crippen LogP contribution in [0.5, 0.6) is 0 Å². The zero-order chi connectivity index (χ0) is 9.90. The van der Waals surface area contributed by atoms with E-state index in [0.717, 1.165) is 25.7 Å². The summed E-state index contributed by atoms with van der Waals surface area (Å²) in [5, 5.41) is 8.24. The zero-order valence-electron chi connectivity index (χ0n) is 7.43. The Balaban J connectivity index is 2.35. The number of alkyl halides is 2. The van der Waals surface area contributed by atoms with Gasteiger partial charge >= 0.3 is 5.97 Å². The molecule has 0 heterocycles. The van der Waals surface area contributed by atoms with Crippen molar-refractivity contribution in [1.29, 1.82) is 0 Å². The van der Waals surface area contributed by atoms with Gasteiger partial charge in [0.1, 0.15) is 6.42 Å². The smallest absolute Gasteiger partial charge is 0.309 e. The Hall–Kier alpha value is -0.670. The summed E-state index contributed by atoms with van der Waals surface area (Å²) in [4.78, 5) is 10.1. The SMILES string of the molecule is O=C(O)CC(F)(F)CC1CCCC1. The summed E-state index contributed by atoms with van der Waals surface area (Å²) in [6.45, 7) is 0. The number of rotatable bonds is 4. The van der Waals surface area contributed by atoms with Gasteiger partial charge in [0.05, 0.1) is 0 Å². The van der Waals surface area contributed by atoms with Crippen LogP contribution in [0.15, 0.2) is 0 Å². The first-order valence-corrected chi connectivity index (χ1v) is 4.59. The number of hydrogen-bond acceptors (Lipinski definition) is 1. The van der Waals surface area contributed by atoms with E-state index in [0.29, 0.717) is 0 Å². The van der Waals surface area contributed by atoms with Gasteiger partial charge in [0.25, 0.3) is 5.92 Å². The lowest BCUT2D eigenvalue weighted by Gasteiger charge is -2.17. The summed E-state index contributed by atoms with van der Waals surface area (Å²) in [7, 11) is 0. The molecule has 1 aliphatic carbocycles. The molecule has 4 heteroatoms. The van der Waals surface area contributed by atoms with Gasteiger partial charge in [-0.1, -0.05) is 25.7 Å². The Kier molecular flexibility index (Phi) is 3.22. The lowest BCUT2D eigenvalue weighted by Crippen LogP contribution is -2.23. The van der Waals surface area contributed by atoms with Gasteiger partial charge in [-0.15, -0.1) is 0 Å². The van der Waals surface area contributed by atoms with E-state index in [2.05, 4.69) is 0 Å². The van der Waals surface area contributed by atoms with Crippen molar-refractivity contribution in [1.82, 2.24) is 0 Å². The van der Waals surface area contributed by atoms with Crippen LogP contribution in [-0.2, 0) is 4.79 Å². The minimum atomic E-state index is -3.01. The molecular weight excluding hydrogens is 178 g/mol. The highest BCUT2D eigenvalue weighted by Gasteiger charge is 2.35. The summed E-state index contributed by atoms with van der Waals surface area (Å²) in [5.74, 6) is -4.39. The maximum absolute atomic E-state index is 12.9. The molecule has 1 saturated carbocycles. The van der Waals surface area contributed by atoms with Gasteiger partial charge < -0.3 is 5.11 Å². The predicted octanol–water partition coefficient (Wildman–Crippen LogP) is 2.68. The van der Waals surface area contributed by atoms with Crippen molar-refractivity contribution in [3.8, 4) is 0 Å². The molecule has 2 nitrogen and oxygen atoms in total. The number of carboxylic acid groups (broad SMARTS) is 1. The molecule has 1 N–H and O–H groups in total. The molecule has 0 aromatic heterocycles. The van der Waals surface area contributed by atoms with E-state index >= 15 is 0 Å². The van der Waals surface area contributed by atoms with Crippen LogP contribution in [-0.4, -0.2) is 17.0 Å². The van der Waals surface area contributed by atoms with Crippen LogP contribution in [0.2, 0.25) is 0 Å². The van der Waals surface area contributed by atoms with E-state index < -0.39 is 18.3 Å². The third-order valence-corrected chi connectivity index (χ3v) is 2.47. The van der Waals surface area contributed by atoms with Crippen LogP contribution in [0.4, 0.5) is 8.78 Å². The molecule has 0 aliphatic heterocycles. The summed E-state index contributed by atoms with van der Waals surface area (Å²) in [5.41, 5.74) is 0. The van der Waals surface area contributed by atoms with E-state index in [1.54, 1.807) is 0 Å². The maximum atomic E-state index is 12.9. The minimum Gasteiger partial charge on any atom is -0.481 e. The second kappa shape index (κ2) is 4.03. The molecule has 0 aromatic rings. The van der Waals surface area contributed by atoms with Crippen LogP contribution in [0, 0.1) is 5.92 Å². The Bertz CT molecular complexity index is 186. The maximum Gasteiger partial charge on any atom is 0.309 e. The Labute approximate surface area is 75.9 Å². The highest BCUT2D eigenvalue weighted by Crippen LogP contribution is 2.35. The number of aliphatic carboxylic acids is 1. The van der Waals surface area contributed by atoms with Gasteiger partial charge in [0.2, 0.25) is 0 Å². The molecule has 0 unspecified atom stereocenters. The molecule has 13 heavy (non-hydrogen) atoms. The summed E-state index contributed by atoms with van der Waals surface area (Å²) < 4.78 is 25.9. The van der Waals surface area contributed by atoms with Crippen molar-refractivity contribution in [3.05, 3.63) is 0 Å². The first-order valence-electron chi connectivity index (χ1n) is 4.59. The molecule has 0 amide bonds. The minimum absolute atomic E-state index is 0.0364. The molecule has 0 bridgehead atoms. The first kappa shape index (κ1) is 10.4. The van der Waals surface area contributed by atoms with Crippen molar-refractivity contribution in [2.24, 2.45) is 5.92 Å². The highest BCUT2D eigenvalue weighted by molar-refractivity contribution is 5.67. The monoisotopic (exact) mass is 192 g/mol. The Morgan fingerprint density at radius 3 is 2.38 bits per heavy atom. The molecule has 76 valence electrons. The van der Waals surface area contributed by atoms with E-state index in [1.807, 2.05) is 0 Å². The fraction of sp³-hybridized carbons (Fsp3) is 0.889. The normalized spacial score (nSPS) is 19.2. The fourth-order valence-electron chi connectivity index (χ4n) is 1.93. The van der Waals surface area contributed by atoms with Crippen molar-refractivity contribution in [3.63, 3.8) is 0 Å². The third-order valence-electron chi connectivity index (χ3n) is 2.47. The topological polar surface area (TPSA) is 37.3 Å². The quantitative estimate of drug-likeness (QED) is 0.743. The van der Waals surface area contributed by atoms with Crippen molar-refractivity contribution >= 4 is 5.97 Å². The van der Waals surface area contributed by atoms with Crippen LogP contribution in [0.3, 0.4) is 0 Å². The number of hydrogen-bond donors (Lipinski definition) is 1. The second-order valence-electron chi connectivity index (χ2n) is 3.78. The predicted molar refractivity (Wildman–Crippen MR) is 43.8 cm³/mol. The molecule has 1 aliphatic rings. The number of carboxylic acids is 1. The molecule has 0 radical (unpaired) electrons. The van der Waals surface area contributed by atoms with Crippen molar-refractivity contribution in [2.45, 2.75) is 44.4 Å². The molecule has 1 fully saturated rings. The lowest BCUT2D eigenvalue weighted by molar-refractivity contribution is -0.146. The average Bonchev–Trinajstić information content (AvgIpc) is 2.34. The standard InChI is InChI=1S/C9H14F2O2/c10-9(11,6-8(12)13)5-7-3-1-2-4-7/h7H,1-6H2,(H,12,13). The van der Waals surface area contributed by atoms with Crippen LogP contribution < -0.4 is 0 Å². The zero-order valence-corrected chi connectivity index (χ0v) is 7.43. The van der Waals surface area contributed by atoms with Crippen molar-refractivity contribution in [2.75, 3.05) is 0 Å². The summed E-state index contributed by atoms with van der Waals surface area (Å²) in [6.07, 6.45) is 2.40. The fourth-order valence-corrected chi connectivity index (χ4v) is 1.93. The molecule has 1 rings (SSSR count). The van der Waals surface area contributed by atoms with Crippen LogP contribution in [0.25, 0.3) is 0 Å². The summed E-state index contributed by atoms with van der Waals surface area (Å²) in [6, 6.07) is 0. The lowest BCUT2D eigenvalue weighted by atomic mass is 9.98. The second-order valence-corrected chi connectivity index (χ2v) is 3.78. The van der Waals surface area contributed by atoms with Gasteiger partial charge in [0.15, 0.2) is 0 Å². The van der Waals surface area contributed by atoms with Gasteiger partial charge in [-0.3, -0.25) is 4.79 Å². The van der Waals surface area contributed by atoms with Crippen LogP contribution in [0.1, 0.15) is 38.5 Å². The largest absolute Gasteiger partial charge is 0.481 e. The summed E-state index contributed by atoms with van der Waals surface area (Å²) >= 11 is 0. The molecule has 0 spiro atoms. The third kappa shape index (κ3) is 3.70. The van der Waals surface area contributed by atoms with Gasteiger partial charge in [-0.2, -0.15) is 0 Å². The van der Waals surface area contributed by atoms with E-state index in [9.17, 15) is 13.6 Å². The first-order chi connectivity index (χ1) is 5.99. The number of halogens is 2. The Morgan fingerprint density at radius 2 is 1.92 bits per heavy atom. The molecule has 0 aromatic carbocycles. The van der Waals surface area contributed by atoms with Gasteiger partial charge in [0, 0.05) is 6.42 Å². The van der Waals surface area contributed by atoms with E-state index in [1.165, 1.54) is 0 Å². The highest BCUT2D eigenvalue weighted by atomic mass is 19.3. The van der Waals surface area contributed by atoms with Gasteiger partial charge in [-0.05, 0) is 5.92 Å². The average molecular weight is 192 g/mol. The Morgan fingerprint density at radius 1 is 1.38 bits per heavy atom. The van der Waals surface area contributed by atoms with Crippen molar-refractivity contribution < 1.29 is 18.7 Å². The number of carbonyl (C=O) groups is 1. The molecular formula is C9H14F2O2. The van der Waals surface area contributed by atoms with E-state index in [-0.39, 0.29) is 12.3 Å². The molecule has 0 atom stereocenters.